The number of hydrogen-bond donors (Lipinski definition) is 1. The average molecular weight is 963 g/mol. The minimum atomic E-state index is 0.475. The van der Waals surface area contributed by atoms with Crippen LogP contribution in [0.4, 0.5) is 22.7 Å². The van der Waals surface area contributed by atoms with Crippen LogP contribution in [0.5, 0.6) is 23.0 Å². The molecule has 4 bridgehead atoms. The number of fused-ring (bicyclic) bond motifs is 8. The van der Waals surface area contributed by atoms with E-state index in [0.717, 1.165) is 70.1 Å². The van der Waals surface area contributed by atoms with Gasteiger partial charge in [-0.15, -0.1) is 0 Å². The van der Waals surface area contributed by atoms with E-state index in [-0.39, 0.29) is 0 Å². The summed E-state index contributed by atoms with van der Waals surface area (Å²) in [5.41, 5.74) is 11.8. The molecule has 8 heterocycles. The van der Waals surface area contributed by atoms with Gasteiger partial charge in [-0.1, -0.05) is 109 Å². The highest BCUT2D eigenvalue weighted by atomic mass is 16.5. The summed E-state index contributed by atoms with van der Waals surface area (Å²) in [7, 11) is 0. The lowest BCUT2D eigenvalue weighted by Crippen LogP contribution is -2.50. The summed E-state index contributed by atoms with van der Waals surface area (Å²) in [4.78, 5) is 26.5. The molecular weight excluding hydrogens is 901 g/mol. The Morgan fingerprint density at radius 2 is 0.945 bits per heavy atom. The maximum absolute atomic E-state index is 9.97. The first-order valence-corrected chi connectivity index (χ1v) is 26.4. The molecule has 366 valence electrons. The van der Waals surface area contributed by atoms with Crippen molar-refractivity contribution in [1.82, 2.24) is 20.2 Å². The molecule has 73 heavy (non-hydrogen) atoms. The van der Waals surface area contributed by atoms with Crippen LogP contribution in [-0.2, 0) is 17.6 Å². The van der Waals surface area contributed by atoms with Crippen LogP contribution in [0, 0.1) is 0 Å². The zero-order valence-corrected chi connectivity index (χ0v) is 41.3. The molecule has 6 aliphatic heterocycles. The normalized spacial score (nSPS) is 21.8. The fourth-order valence-electron chi connectivity index (χ4n) is 12.5. The second kappa shape index (κ2) is 21.2. The number of para-hydroxylation sites is 4. The van der Waals surface area contributed by atoms with E-state index in [1.807, 2.05) is 67.3 Å². The van der Waals surface area contributed by atoms with Gasteiger partial charge in [-0.25, -0.2) is 0 Å². The van der Waals surface area contributed by atoms with Gasteiger partial charge in [0.1, 0.15) is 6.29 Å². The van der Waals surface area contributed by atoms with Crippen molar-refractivity contribution in [3.63, 3.8) is 0 Å². The van der Waals surface area contributed by atoms with Crippen LogP contribution in [-0.4, -0.2) is 63.9 Å². The fraction of sp³-hybridized carbons (Fsp3) is 0.266. The predicted octanol–water partition coefficient (Wildman–Crippen LogP) is 13.9. The molecular formula is C64H62N6O3. The third kappa shape index (κ3) is 10.00. The topological polar surface area (TPSA) is 83.1 Å². The van der Waals surface area contributed by atoms with Crippen LogP contribution in [0.3, 0.4) is 0 Å². The number of carbonyl (C=O) groups excluding carboxylic acids is 1. The van der Waals surface area contributed by atoms with Crippen LogP contribution < -0.4 is 24.6 Å². The minimum Gasteiger partial charge on any atom is -0.453 e. The number of nitrogens with zero attached hydrogens (tertiary/aromatic N) is 5. The molecule has 0 amide bonds. The highest BCUT2D eigenvalue weighted by Gasteiger charge is 2.44. The van der Waals surface area contributed by atoms with Crippen molar-refractivity contribution < 1.29 is 14.3 Å². The molecule has 9 nitrogen and oxygen atoms in total. The van der Waals surface area contributed by atoms with E-state index >= 15 is 0 Å². The molecule has 6 aromatic carbocycles. The quantitative estimate of drug-likeness (QED) is 0.142. The fourth-order valence-corrected chi connectivity index (χ4v) is 12.5. The van der Waals surface area contributed by atoms with E-state index in [4.69, 9.17) is 9.47 Å². The molecule has 0 radical (unpaired) electrons. The minimum absolute atomic E-state index is 0.475. The van der Waals surface area contributed by atoms with E-state index in [1.54, 1.807) is 0 Å². The largest absolute Gasteiger partial charge is 0.453 e. The van der Waals surface area contributed by atoms with E-state index < -0.39 is 0 Å². The molecule has 6 atom stereocenters. The molecule has 4 fully saturated rings. The lowest BCUT2D eigenvalue weighted by Gasteiger charge is -2.46. The number of nitrogens with one attached hydrogen (secondary N) is 1. The van der Waals surface area contributed by atoms with E-state index in [0.29, 0.717) is 42.7 Å². The number of benzene rings is 6. The van der Waals surface area contributed by atoms with E-state index in [9.17, 15) is 4.79 Å². The summed E-state index contributed by atoms with van der Waals surface area (Å²) >= 11 is 0. The van der Waals surface area contributed by atoms with Gasteiger partial charge in [0.15, 0.2) is 23.0 Å². The highest BCUT2D eigenvalue weighted by molar-refractivity contribution is 5.83. The number of anilines is 4. The van der Waals surface area contributed by atoms with Crippen LogP contribution in [0.25, 0.3) is 22.3 Å². The second-order valence-electron chi connectivity index (χ2n) is 20.3. The Morgan fingerprint density at radius 1 is 0.466 bits per heavy atom. The number of hydrogen-bond acceptors (Lipinski definition) is 9. The number of rotatable bonds is 9. The SMILES string of the molecule is O=CCc1ccccc1.c1ccc(CCN2[C@@H]3CC[C@H]2CC(N2c4ccccc4Oc4cc(-c5cccnc5)ccc42)C3)cc1.c1cncc(-c2ccc3c(c2)Oc2ccccc2N3C2C[C@H]3CC[C@@H](C2)N3)c1. The van der Waals surface area contributed by atoms with Crippen LogP contribution in [0.1, 0.15) is 62.5 Å². The van der Waals surface area contributed by atoms with E-state index in [1.165, 1.54) is 79.7 Å². The Labute approximate surface area is 429 Å². The molecule has 8 aromatic rings. The molecule has 1 N–H and O–H groups in total. The van der Waals surface area contributed by atoms with Crippen molar-refractivity contribution in [3.8, 4) is 45.3 Å². The summed E-state index contributed by atoms with van der Waals surface area (Å²) in [6.07, 6.45) is 20.0. The van der Waals surface area contributed by atoms with Crippen LogP contribution >= 0.6 is 0 Å². The maximum Gasteiger partial charge on any atom is 0.151 e. The van der Waals surface area contributed by atoms with Crippen molar-refractivity contribution >= 4 is 29.0 Å². The summed E-state index contributed by atoms with van der Waals surface area (Å²) in [6.45, 7) is 1.16. The molecule has 2 aromatic heterocycles. The molecule has 0 spiro atoms. The Hall–Kier alpha value is -7.59. The van der Waals surface area contributed by atoms with Crippen molar-refractivity contribution in [3.05, 3.63) is 206 Å². The zero-order chi connectivity index (χ0) is 48.9. The van der Waals surface area contributed by atoms with Crippen LogP contribution in [0.2, 0.25) is 0 Å². The maximum atomic E-state index is 9.97. The molecule has 4 saturated heterocycles. The van der Waals surface area contributed by atoms with Crippen molar-refractivity contribution in [2.75, 3.05) is 16.3 Å². The predicted molar refractivity (Wildman–Crippen MR) is 293 cm³/mol. The van der Waals surface area contributed by atoms with Crippen molar-refractivity contribution in [2.24, 2.45) is 0 Å². The molecule has 0 saturated carbocycles. The number of ether oxygens (including phenoxy) is 2. The number of aromatic nitrogens is 2. The Kier molecular flexibility index (Phi) is 13.5. The average Bonchev–Trinajstić information content (AvgIpc) is 3.91. The third-order valence-corrected chi connectivity index (χ3v) is 15.8. The zero-order valence-electron chi connectivity index (χ0n) is 41.3. The molecule has 6 aliphatic rings. The van der Waals surface area contributed by atoms with Crippen molar-refractivity contribution in [1.29, 1.82) is 0 Å². The Bertz CT molecular complexity index is 3110. The van der Waals surface area contributed by atoms with Gasteiger partial charge in [-0.3, -0.25) is 14.9 Å². The number of piperidine rings is 2. The number of pyridine rings is 2. The van der Waals surface area contributed by atoms with Gasteiger partial charge in [-0.05, 0) is 141 Å². The molecule has 0 aliphatic carbocycles. The standard InChI is InChI=1S/C32H31N3O.C24H23N3O.C8H8O/c1-2-7-23(8-3-1)16-18-34-26-13-14-27(34)21-28(20-26)35-29-10-4-5-11-31(29)36-32-19-24(12-15-30(32)35)25-9-6-17-33-22-25;1-2-6-23-21(5-1)27(20-13-18-8-9-19(14-20)26-18)22-10-7-16(12-24(22)28-23)17-4-3-11-25-15-17;9-7-6-8-4-2-1-3-5-8/h1-12,15,17,19,22,26-28H,13-14,16,18,20-21H2;1-7,10-12,15,18-20,26H,8-9,13-14H2;1-5,7H,6H2/t26-,27+,28?;18-,19+,20?;. The smallest absolute Gasteiger partial charge is 0.151 e. The monoisotopic (exact) mass is 962 g/mol. The third-order valence-electron chi connectivity index (χ3n) is 15.8. The molecule has 2 unspecified atom stereocenters. The van der Waals surface area contributed by atoms with Gasteiger partial charge >= 0.3 is 0 Å². The van der Waals surface area contributed by atoms with Gasteiger partial charge < -0.3 is 29.4 Å². The lowest BCUT2D eigenvalue weighted by molar-refractivity contribution is -0.107. The first kappa shape index (κ1) is 46.5. The summed E-state index contributed by atoms with van der Waals surface area (Å²) < 4.78 is 12.8. The van der Waals surface area contributed by atoms with Gasteiger partial charge in [0.25, 0.3) is 0 Å². The Balaban J connectivity index is 0.000000130. The summed E-state index contributed by atoms with van der Waals surface area (Å²) in [5.74, 6) is 3.77. The first-order chi connectivity index (χ1) is 36.1. The summed E-state index contributed by atoms with van der Waals surface area (Å²) in [5, 5.41) is 3.77. The van der Waals surface area contributed by atoms with Gasteiger partial charge in [0.2, 0.25) is 0 Å². The number of aldehydes is 1. The lowest BCUT2D eigenvalue weighted by atomic mass is 9.93. The van der Waals surface area contributed by atoms with Crippen molar-refractivity contribution in [2.45, 2.75) is 100 Å². The number of carbonyl (C=O) groups is 1. The molecule has 14 rings (SSSR count). The van der Waals surface area contributed by atoms with Gasteiger partial charge in [-0.2, -0.15) is 0 Å². The second-order valence-corrected chi connectivity index (χ2v) is 20.3. The van der Waals surface area contributed by atoms with Gasteiger partial charge in [0, 0.05) is 85.1 Å². The van der Waals surface area contributed by atoms with E-state index in [2.05, 4.69) is 157 Å². The van der Waals surface area contributed by atoms with Crippen LogP contribution in [0.15, 0.2) is 195 Å². The Morgan fingerprint density at radius 3 is 1.45 bits per heavy atom. The molecule has 9 heteroatoms. The summed E-state index contributed by atoms with van der Waals surface area (Å²) in [6, 6.07) is 62.5. The highest BCUT2D eigenvalue weighted by Crippen LogP contribution is 2.53. The van der Waals surface area contributed by atoms with Gasteiger partial charge in [0.05, 0.1) is 22.7 Å². The first-order valence-electron chi connectivity index (χ1n) is 26.4.